The van der Waals surface area contributed by atoms with Crippen molar-refractivity contribution in [1.29, 1.82) is 5.26 Å². The van der Waals surface area contributed by atoms with Gasteiger partial charge >= 0.3 is 0 Å². The van der Waals surface area contributed by atoms with Crippen molar-refractivity contribution in [3.63, 3.8) is 0 Å². The van der Waals surface area contributed by atoms with Gasteiger partial charge in [-0.25, -0.2) is 4.39 Å². The second kappa shape index (κ2) is 3.09. The number of hydrogen-bond donors (Lipinski definition) is 0. The SMILES string of the molecule is CCc1cccc(C2(C#N)CC2)c1F. The highest BCUT2D eigenvalue weighted by molar-refractivity contribution is 5.42. The van der Waals surface area contributed by atoms with Crippen LogP contribution in [-0.4, -0.2) is 0 Å². The van der Waals surface area contributed by atoms with Gasteiger partial charge in [-0.3, -0.25) is 0 Å². The molecule has 2 rings (SSSR count). The Hall–Kier alpha value is -1.36. The lowest BCUT2D eigenvalue weighted by Gasteiger charge is -2.10. The Morgan fingerprint density at radius 2 is 2.21 bits per heavy atom. The lowest BCUT2D eigenvalue weighted by Crippen LogP contribution is -2.07. The van der Waals surface area contributed by atoms with E-state index in [0.717, 1.165) is 12.8 Å². The molecule has 0 atom stereocenters. The van der Waals surface area contributed by atoms with Crippen LogP contribution < -0.4 is 0 Å². The van der Waals surface area contributed by atoms with E-state index in [4.69, 9.17) is 5.26 Å². The fourth-order valence-electron chi connectivity index (χ4n) is 1.79. The Morgan fingerprint density at radius 3 is 2.71 bits per heavy atom. The van der Waals surface area contributed by atoms with Crippen LogP contribution in [0.1, 0.15) is 30.9 Å². The van der Waals surface area contributed by atoms with Crippen molar-refractivity contribution in [2.24, 2.45) is 0 Å². The first-order valence-electron chi connectivity index (χ1n) is 4.92. The number of nitriles is 1. The molecular formula is C12H12FN. The van der Waals surface area contributed by atoms with Gasteiger partial charge in [-0.05, 0) is 24.8 Å². The van der Waals surface area contributed by atoms with Crippen LogP contribution in [0.3, 0.4) is 0 Å². The third kappa shape index (κ3) is 1.21. The van der Waals surface area contributed by atoms with Crippen molar-refractivity contribution in [1.82, 2.24) is 0 Å². The molecule has 0 bridgehead atoms. The summed E-state index contributed by atoms with van der Waals surface area (Å²) in [6.07, 6.45) is 2.28. The zero-order valence-electron chi connectivity index (χ0n) is 8.18. The quantitative estimate of drug-likeness (QED) is 0.701. The fourth-order valence-corrected chi connectivity index (χ4v) is 1.79. The third-order valence-electron chi connectivity index (χ3n) is 2.94. The van der Waals surface area contributed by atoms with Crippen molar-refractivity contribution in [2.45, 2.75) is 31.6 Å². The molecule has 2 heteroatoms. The molecule has 0 amide bonds. The standard InChI is InChI=1S/C12H12FN/c1-2-9-4-3-5-10(11(9)13)12(8-14)6-7-12/h3-5H,2,6-7H2,1H3. The predicted molar refractivity (Wildman–Crippen MR) is 52.3 cm³/mol. The first-order valence-corrected chi connectivity index (χ1v) is 4.92. The van der Waals surface area contributed by atoms with E-state index in [2.05, 4.69) is 6.07 Å². The van der Waals surface area contributed by atoms with Crippen molar-refractivity contribution in [2.75, 3.05) is 0 Å². The summed E-state index contributed by atoms with van der Waals surface area (Å²) in [5.41, 5.74) is 0.804. The lowest BCUT2D eigenvalue weighted by molar-refractivity contribution is 0.585. The molecule has 0 aromatic heterocycles. The molecule has 1 nitrogen and oxygen atoms in total. The smallest absolute Gasteiger partial charge is 0.131 e. The van der Waals surface area contributed by atoms with Gasteiger partial charge in [0.15, 0.2) is 0 Å². The second-order valence-electron chi connectivity index (χ2n) is 3.83. The second-order valence-corrected chi connectivity index (χ2v) is 3.83. The molecule has 0 saturated heterocycles. The molecule has 0 heterocycles. The number of hydrogen-bond acceptors (Lipinski definition) is 1. The first-order chi connectivity index (χ1) is 6.73. The monoisotopic (exact) mass is 189 g/mol. The van der Waals surface area contributed by atoms with Crippen LogP contribution >= 0.6 is 0 Å². The molecule has 1 fully saturated rings. The summed E-state index contributed by atoms with van der Waals surface area (Å²) in [6.45, 7) is 1.92. The first kappa shape index (κ1) is 9.21. The third-order valence-corrected chi connectivity index (χ3v) is 2.94. The zero-order chi connectivity index (χ0) is 10.2. The van der Waals surface area contributed by atoms with Gasteiger partial charge in [0.25, 0.3) is 0 Å². The molecule has 72 valence electrons. The van der Waals surface area contributed by atoms with E-state index in [1.807, 2.05) is 13.0 Å². The van der Waals surface area contributed by atoms with E-state index in [9.17, 15) is 4.39 Å². The largest absolute Gasteiger partial charge is 0.206 e. The maximum Gasteiger partial charge on any atom is 0.131 e. The van der Waals surface area contributed by atoms with Crippen molar-refractivity contribution in [3.05, 3.63) is 35.1 Å². The van der Waals surface area contributed by atoms with Crippen LogP contribution in [0.25, 0.3) is 0 Å². The van der Waals surface area contributed by atoms with Gasteiger partial charge in [-0.2, -0.15) is 5.26 Å². The summed E-state index contributed by atoms with van der Waals surface area (Å²) >= 11 is 0. The molecule has 1 aromatic carbocycles. The number of nitrogens with zero attached hydrogens (tertiary/aromatic N) is 1. The average Bonchev–Trinajstić information content (AvgIpc) is 2.99. The van der Waals surface area contributed by atoms with Crippen LogP contribution in [0, 0.1) is 17.1 Å². The van der Waals surface area contributed by atoms with Gasteiger partial charge in [-0.1, -0.05) is 25.1 Å². The summed E-state index contributed by atoms with van der Waals surface area (Å²) in [6, 6.07) is 7.59. The van der Waals surface area contributed by atoms with Crippen LogP contribution in [0.5, 0.6) is 0 Å². The number of halogens is 1. The highest BCUT2D eigenvalue weighted by Crippen LogP contribution is 2.48. The molecular weight excluding hydrogens is 177 g/mol. The summed E-state index contributed by atoms with van der Waals surface area (Å²) in [5, 5.41) is 8.98. The van der Waals surface area contributed by atoms with Crippen molar-refractivity contribution in [3.8, 4) is 6.07 Å². The maximum absolute atomic E-state index is 13.8. The van der Waals surface area contributed by atoms with Crippen molar-refractivity contribution < 1.29 is 4.39 Å². The minimum Gasteiger partial charge on any atom is -0.206 e. The van der Waals surface area contributed by atoms with E-state index in [1.165, 1.54) is 0 Å². The van der Waals surface area contributed by atoms with Crippen LogP contribution in [-0.2, 0) is 11.8 Å². The highest BCUT2D eigenvalue weighted by Gasteiger charge is 2.46. The van der Waals surface area contributed by atoms with Gasteiger partial charge in [-0.15, -0.1) is 0 Å². The topological polar surface area (TPSA) is 23.8 Å². The molecule has 0 spiro atoms. The van der Waals surface area contributed by atoms with Crippen molar-refractivity contribution >= 4 is 0 Å². The van der Waals surface area contributed by atoms with Gasteiger partial charge in [0.1, 0.15) is 5.82 Å². The average molecular weight is 189 g/mol. The Kier molecular flexibility index (Phi) is 2.03. The Labute approximate surface area is 83.2 Å². The van der Waals surface area contributed by atoms with E-state index < -0.39 is 5.41 Å². The van der Waals surface area contributed by atoms with Crippen LogP contribution in [0.15, 0.2) is 18.2 Å². The maximum atomic E-state index is 13.8. The molecule has 1 saturated carbocycles. The van der Waals surface area contributed by atoms with Gasteiger partial charge in [0.05, 0.1) is 11.5 Å². The van der Waals surface area contributed by atoms with E-state index >= 15 is 0 Å². The normalized spacial score (nSPS) is 17.5. The van der Waals surface area contributed by atoms with Gasteiger partial charge < -0.3 is 0 Å². The molecule has 1 aliphatic carbocycles. The van der Waals surface area contributed by atoms with Crippen LogP contribution in [0.2, 0.25) is 0 Å². The molecule has 0 unspecified atom stereocenters. The minimum absolute atomic E-state index is 0.172. The Morgan fingerprint density at radius 1 is 1.50 bits per heavy atom. The fraction of sp³-hybridized carbons (Fsp3) is 0.417. The van der Waals surface area contributed by atoms with Gasteiger partial charge in [0, 0.05) is 5.56 Å². The van der Waals surface area contributed by atoms with Gasteiger partial charge in [0.2, 0.25) is 0 Å². The molecule has 1 aliphatic rings. The minimum atomic E-state index is -0.505. The summed E-state index contributed by atoms with van der Waals surface area (Å²) in [4.78, 5) is 0. The van der Waals surface area contributed by atoms with Crippen LogP contribution in [0.4, 0.5) is 4.39 Å². The number of aryl methyl sites for hydroxylation is 1. The summed E-state index contributed by atoms with van der Waals surface area (Å²) in [7, 11) is 0. The van der Waals surface area contributed by atoms with E-state index in [0.29, 0.717) is 17.5 Å². The molecule has 0 N–H and O–H groups in total. The molecule has 14 heavy (non-hydrogen) atoms. The van der Waals surface area contributed by atoms with E-state index in [-0.39, 0.29) is 5.82 Å². The summed E-state index contributed by atoms with van der Waals surface area (Å²) in [5.74, 6) is -0.172. The zero-order valence-corrected chi connectivity index (χ0v) is 8.18. The Balaban J connectivity index is 2.50. The Bertz CT molecular complexity index is 399. The molecule has 1 aromatic rings. The molecule has 0 aliphatic heterocycles. The lowest BCUT2D eigenvalue weighted by atomic mass is 9.94. The number of benzene rings is 1. The molecule has 0 radical (unpaired) electrons. The highest BCUT2D eigenvalue weighted by atomic mass is 19.1. The van der Waals surface area contributed by atoms with E-state index in [1.54, 1.807) is 12.1 Å². The summed E-state index contributed by atoms with van der Waals surface area (Å²) < 4.78 is 13.8. The number of rotatable bonds is 2. The predicted octanol–water partition coefficient (Wildman–Crippen LogP) is 2.94.